The van der Waals surface area contributed by atoms with Crippen LogP contribution in [0.1, 0.15) is 32.0 Å². The molecule has 3 nitrogen and oxygen atoms in total. The zero-order valence-electron chi connectivity index (χ0n) is 26.6. The van der Waals surface area contributed by atoms with E-state index in [0.717, 1.165) is 16.9 Å². The predicted molar refractivity (Wildman–Crippen MR) is 197 cm³/mol. The molecule has 0 fully saturated rings. The van der Waals surface area contributed by atoms with Gasteiger partial charge in [-0.15, -0.1) is 0 Å². The van der Waals surface area contributed by atoms with Crippen LogP contribution in [-0.4, -0.2) is 11.7 Å². The number of rotatable bonds is 2. The Morgan fingerprint density at radius 2 is 1.04 bits per heavy atom. The highest BCUT2D eigenvalue weighted by Gasteiger charge is 2.47. The molecule has 6 aromatic carbocycles. The summed E-state index contributed by atoms with van der Waals surface area (Å²) in [6.07, 6.45) is 0. The smallest absolute Gasteiger partial charge is 0.252 e. The lowest BCUT2D eigenvalue weighted by atomic mass is 9.33. The van der Waals surface area contributed by atoms with E-state index >= 15 is 0 Å². The van der Waals surface area contributed by atoms with E-state index in [9.17, 15) is 0 Å². The molecule has 0 N–H and O–H groups in total. The molecule has 220 valence electrons. The highest BCUT2D eigenvalue weighted by atomic mass is 15.2. The molecule has 0 unspecified atom stereocenters. The van der Waals surface area contributed by atoms with Crippen molar-refractivity contribution in [2.24, 2.45) is 0 Å². The van der Waals surface area contributed by atoms with E-state index < -0.39 is 0 Å². The Morgan fingerprint density at radius 3 is 1.63 bits per heavy atom. The lowest BCUT2D eigenvalue weighted by molar-refractivity contribution is 0.597. The first-order valence-electron chi connectivity index (χ1n) is 16.2. The molecule has 0 saturated carbocycles. The van der Waals surface area contributed by atoms with E-state index in [4.69, 9.17) is 4.98 Å². The maximum absolute atomic E-state index is 5.30. The Hall–Kier alpha value is -5.35. The van der Waals surface area contributed by atoms with Gasteiger partial charge in [-0.1, -0.05) is 112 Å². The molecule has 0 spiro atoms. The standard InChI is InChI=1S/C42H34BN3/c1-27-36-37(30-21-11-14-24-33(30)44-27)38(42(2,3)4)41-39-40(36)45(28-17-7-5-8-18-28)34-25-15-12-22-31(34)43(39)32-23-13-16-26-35(32)46(41)29-19-9-6-10-20-29/h5-26H,1-4H3. The van der Waals surface area contributed by atoms with Gasteiger partial charge in [0.1, 0.15) is 0 Å². The second kappa shape index (κ2) is 9.83. The second-order valence-corrected chi connectivity index (χ2v) is 13.6. The first kappa shape index (κ1) is 27.0. The number of anilines is 6. The fourth-order valence-electron chi connectivity index (χ4n) is 8.13. The first-order chi connectivity index (χ1) is 22.4. The third kappa shape index (κ3) is 3.70. The first-order valence-corrected chi connectivity index (χ1v) is 16.2. The lowest BCUT2D eigenvalue weighted by Gasteiger charge is -2.47. The minimum Gasteiger partial charge on any atom is -0.311 e. The zero-order valence-corrected chi connectivity index (χ0v) is 26.6. The van der Waals surface area contributed by atoms with Gasteiger partial charge in [0.2, 0.25) is 0 Å². The third-order valence-electron chi connectivity index (χ3n) is 9.80. The van der Waals surface area contributed by atoms with Gasteiger partial charge in [-0.3, -0.25) is 4.98 Å². The molecule has 2 aliphatic heterocycles. The number of aromatic nitrogens is 1. The molecule has 1 aromatic heterocycles. The van der Waals surface area contributed by atoms with Crippen LogP contribution in [0.4, 0.5) is 34.1 Å². The molecule has 0 radical (unpaired) electrons. The van der Waals surface area contributed by atoms with E-state index in [1.165, 1.54) is 66.5 Å². The fourth-order valence-corrected chi connectivity index (χ4v) is 8.13. The maximum atomic E-state index is 5.30. The summed E-state index contributed by atoms with van der Waals surface area (Å²) in [5, 5.41) is 3.73. The third-order valence-corrected chi connectivity index (χ3v) is 9.80. The van der Waals surface area contributed by atoms with Crippen molar-refractivity contribution in [3.8, 4) is 0 Å². The molecule has 9 rings (SSSR count). The Morgan fingerprint density at radius 1 is 0.543 bits per heavy atom. The van der Waals surface area contributed by atoms with Crippen LogP contribution in [0.2, 0.25) is 0 Å². The summed E-state index contributed by atoms with van der Waals surface area (Å²) < 4.78 is 0. The van der Waals surface area contributed by atoms with Crippen molar-refractivity contribution >= 4 is 78.9 Å². The number of aryl methyl sites for hydroxylation is 1. The molecular formula is C42H34BN3. The van der Waals surface area contributed by atoms with Crippen LogP contribution in [0.5, 0.6) is 0 Å². The second-order valence-electron chi connectivity index (χ2n) is 13.6. The van der Waals surface area contributed by atoms with E-state index in [-0.39, 0.29) is 12.1 Å². The van der Waals surface area contributed by atoms with Gasteiger partial charge in [-0.05, 0) is 76.8 Å². The van der Waals surface area contributed by atoms with Crippen LogP contribution >= 0.6 is 0 Å². The molecule has 0 aliphatic carbocycles. The SMILES string of the molecule is Cc1nc2ccccc2c2c(C(C)(C)C)c3c4c(c12)N(c1ccccc1)c1ccccc1B4c1ccccc1N3c1ccccc1. The molecule has 2 aliphatic rings. The summed E-state index contributed by atoms with van der Waals surface area (Å²) in [7, 11) is 0. The van der Waals surface area contributed by atoms with Crippen LogP contribution in [0.25, 0.3) is 21.7 Å². The number of nitrogens with zero attached hydrogens (tertiary/aromatic N) is 3. The van der Waals surface area contributed by atoms with Crippen molar-refractivity contribution in [1.29, 1.82) is 0 Å². The van der Waals surface area contributed by atoms with Crippen molar-refractivity contribution in [1.82, 2.24) is 4.98 Å². The Bertz CT molecular complexity index is 2310. The van der Waals surface area contributed by atoms with Crippen molar-refractivity contribution in [2.45, 2.75) is 33.1 Å². The molecule has 4 heteroatoms. The van der Waals surface area contributed by atoms with E-state index in [1.807, 2.05) is 0 Å². The average molecular weight is 592 g/mol. The quantitative estimate of drug-likeness (QED) is 0.148. The molecule has 0 saturated heterocycles. The van der Waals surface area contributed by atoms with Crippen molar-refractivity contribution in [3.05, 3.63) is 145 Å². The maximum Gasteiger partial charge on any atom is 0.252 e. The minimum atomic E-state index is -0.183. The summed E-state index contributed by atoms with van der Waals surface area (Å²) in [6.45, 7) is 9.39. The van der Waals surface area contributed by atoms with Crippen LogP contribution < -0.4 is 26.2 Å². The number of fused-ring (bicyclic) bond motifs is 8. The lowest BCUT2D eigenvalue weighted by Crippen LogP contribution is -2.62. The van der Waals surface area contributed by atoms with Gasteiger partial charge in [-0.2, -0.15) is 0 Å². The molecular weight excluding hydrogens is 557 g/mol. The Balaban J connectivity index is 1.60. The van der Waals surface area contributed by atoms with Crippen LogP contribution in [0.3, 0.4) is 0 Å². The summed E-state index contributed by atoms with van der Waals surface area (Å²) in [6, 6.07) is 48.5. The Kier molecular flexibility index (Phi) is 5.77. The molecule has 0 amide bonds. The monoisotopic (exact) mass is 591 g/mol. The predicted octanol–water partition coefficient (Wildman–Crippen LogP) is 9.08. The molecule has 0 bridgehead atoms. The van der Waals surface area contributed by atoms with E-state index in [2.05, 4.69) is 171 Å². The van der Waals surface area contributed by atoms with Gasteiger partial charge >= 0.3 is 0 Å². The van der Waals surface area contributed by atoms with E-state index in [1.54, 1.807) is 0 Å². The summed E-state index contributed by atoms with van der Waals surface area (Å²) in [5.74, 6) is 0. The van der Waals surface area contributed by atoms with Crippen LogP contribution in [0, 0.1) is 6.92 Å². The van der Waals surface area contributed by atoms with E-state index in [0.29, 0.717) is 0 Å². The molecule has 0 atom stereocenters. The number of hydrogen-bond donors (Lipinski definition) is 0. The van der Waals surface area contributed by atoms with Crippen LogP contribution in [0.15, 0.2) is 133 Å². The highest BCUT2D eigenvalue weighted by Crippen LogP contribution is 2.53. The number of pyridine rings is 1. The van der Waals surface area contributed by atoms with Crippen molar-refractivity contribution < 1.29 is 0 Å². The number of hydrogen-bond acceptors (Lipinski definition) is 3. The number of benzene rings is 6. The topological polar surface area (TPSA) is 19.4 Å². The molecule has 3 heterocycles. The van der Waals surface area contributed by atoms with Crippen molar-refractivity contribution in [3.63, 3.8) is 0 Å². The zero-order chi connectivity index (χ0) is 31.2. The molecule has 7 aromatic rings. The Labute approximate surface area is 270 Å². The van der Waals surface area contributed by atoms with Gasteiger partial charge in [0.15, 0.2) is 0 Å². The summed E-state index contributed by atoms with van der Waals surface area (Å²) in [5.41, 5.74) is 14.6. The average Bonchev–Trinajstić information content (AvgIpc) is 3.08. The van der Waals surface area contributed by atoms with Crippen LogP contribution in [-0.2, 0) is 5.41 Å². The normalized spacial score (nSPS) is 13.5. The summed E-state index contributed by atoms with van der Waals surface area (Å²) in [4.78, 5) is 10.4. The van der Waals surface area contributed by atoms with Gasteiger partial charge < -0.3 is 9.80 Å². The van der Waals surface area contributed by atoms with Gasteiger partial charge in [0, 0.05) is 50.3 Å². The van der Waals surface area contributed by atoms with Gasteiger partial charge in [-0.25, -0.2) is 0 Å². The number of para-hydroxylation sites is 5. The van der Waals surface area contributed by atoms with Crippen molar-refractivity contribution in [2.75, 3.05) is 9.80 Å². The fraction of sp³-hybridized carbons (Fsp3) is 0.119. The highest BCUT2D eigenvalue weighted by molar-refractivity contribution is 7.00. The summed E-state index contributed by atoms with van der Waals surface area (Å²) >= 11 is 0. The minimum absolute atomic E-state index is 0.0636. The van der Waals surface area contributed by atoms with Gasteiger partial charge in [0.25, 0.3) is 6.71 Å². The largest absolute Gasteiger partial charge is 0.311 e. The molecule has 46 heavy (non-hydrogen) atoms. The van der Waals surface area contributed by atoms with Gasteiger partial charge in [0.05, 0.1) is 11.2 Å².